The van der Waals surface area contributed by atoms with Gasteiger partial charge in [0.15, 0.2) is 0 Å². The SMILES string of the molecule is C[As+](C)(C)CCCNP(=O)(O)O.[I-]. The number of rotatable bonds is 5. The molecular formula is C6H18AsINO3P. The van der Waals surface area contributed by atoms with Crippen LogP contribution in [0.2, 0.25) is 22.3 Å². The van der Waals surface area contributed by atoms with Crippen molar-refractivity contribution >= 4 is 21.3 Å². The standard InChI is InChI=1S/C6H17AsNO3P.HI/c1-7(2,3)5-4-6-8-12(9,10)11;/h4-6H2,1-3H3,(H2-,8,9,10,11);1H. The fourth-order valence-electron chi connectivity index (χ4n) is 0.778. The van der Waals surface area contributed by atoms with E-state index in [9.17, 15) is 4.57 Å². The Hall–Kier alpha value is 1.40. The van der Waals surface area contributed by atoms with E-state index in [2.05, 4.69) is 22.2 Å². The summed E-state index contributed by atoms with van der Waals surface area (Å²) < 4.78 is 10.4. The number of halogens is 1. The van der Waals surface area contributed by atoms with Crippen molar-refractivity contribution in [3.05, 3.63) is 0 Å². The van der Waals surface area contributed by atoms with Crippen LogP contribution in [0.25, 0.3) is 0 Å². The molecule has 0 aromatic carbocycles. The van der Waals surface area contributed by atoms with Gasteiger partial charge in [-0.3, -0.25) is 0 Å². The van der Waals surface area contributed by atoms with Crippen molar-refractivity contribution < 1.29 is 38.3 Å². The van der Waals surface area contributed by atoms with Crippen LogP contribution in [-0.2, 0) is 4.57 Å². The van der Waals surface area contributed by atoms with Gasteiger partial charge in [0.25, 0.3) is 0 Å². The summed E-state index contributed by atoms with van der Waals surface area (Å²) in [6.07, 6.45) is 0.863. The van der Waals surface area contributed by atoms with Gasteiger partial charge in [0.05, 0.1) is 0 Å². The molecule has 0 radical (unpaired) electrons. The third-order valence-electron chi connectivity index (χ3n) is 1.32. The Morgan fingerprint density at radius 2 is 1.77 bits per heavy atom. The van der Waals surface area contributed by atoms with Gasteiger partial charge in [-0.2, -0.15) is 0 Å². The Morgan fingerprint density at radius 1 is 1.31 bits per heavy atom. The van der Waals surface area contributed by atoms with E-state index < -0.39 is 21.3 Å². The molecule has 0 fully saturated rings. The van der Waals surface area contributed by atoms with Crippen LogP contribution in [-0.4, -0.2) is 29.9 Å². The molecule has 0 bridgehead atoms. The van der Waals surface area contributed by atoms with Gasteiger partial charge in [0.2, 0.25) is 0 Å². The van der Waals surface area contributed by atoms with E-state index in [1.807, 2.05) is 0 Å². The van der Waals surface area contributed by atoms with Crippen LogP contribution in [0.1, 0.15) is 6.42 Å². The normalized spacial score (nSPS) is 12.4. The molecule has 0 aliphatic rings. The molecule has 3 N–H and O–H groups in total. The summed E-state index contributed by atoms with van der Waals surface area (Å²) in [4.78, 5) is 16.9. The summed E-state index contributed by atoms with van der Waals surface area (Å²) in [6.45, 7) is 0.420. The summed E-state index contributed by atoms with van der Waals surface area (Å²) in [5, 5.41) is 3.32. The molecule has 0 atom stereocenters. The second-order valence-electron chi connectivity index (χ2n) is 3.82. The fraction of sp³-hybridized carbons (Fsp3) is 1.00. The fourth-order valence-corrected chi connectivity index (χ4v) is 3.55. The van der Waals surface area contributed by atoms with E-state index in [0.29, 0.717) is 6.54 Å². The van der Waals surface area contributed by atoms with Crippen molar-refractivity contribution in [1.29, 1.82) is 0 Å². The predicted octanol–water partition coefficient (Wildman–Crippen LogP) is -1.60. The number of hydrogen-bond acceptors (Lipinski definition) is 1. The van der Waals surface area contributed by atoms with Crippen LogP contribution < -0.4 is 29.1 Å². The van der Waals surface area contributed by atoms with Crippen LogP contribution in [0.5, 0.6) is 0 Å². The van der Waals surface area contributed by atoms with Crippen LogP contribution in [0.4, 0.5) is 0 Å². The average molecular weight is 385 g/mol. The Kier molecular flexibility index (Phi) is 8.80. The average Bonchev–Trinajstić information content (AvgIpc) is 1.76. The molecule has 0 heterocycles. The first-order valence-corrected chi connectivity index (χ1v) is 12.4. The first-order valence-electron chi connectivity index (χ1n) is 3.82. The van der Waals surface area contributed by atoms with Gasteiger partial charge < -0.3 is 24.0 Å². The van der Waals surface area contributed by atoms with Gasteiger partial charge in [-0.15, -0.1) is 0 Å². The molecule has 0 spiro atoms. The maximum atomic E-state index is 10.4. The molecule has 82 valence electrons. The second kappa shape index (κ2) is 6.80. The van der Waals surface area contributed by atoms with Gasteiger partial charge in [-0.25, -0.2) is 0 Å². The molecular weight excluding hydrogens is 367 g/mol. The predicted molar refractivity (Wildman–Crippen MR) is 52.8 cm³/mol. The number of nitrogens with one attached hydrogen (secondary N) is 1. The minimum absolute atomic E-state index is 0. The summed E-state index contributed by atoms with van der Waals surface area (Å²) in [5.74, 6) is 0. The van der Waals surface area contributed by atoms with Gasteiger partial charge in [0, 0.05) is 0 Å². The zero-order valence-corrected chi connectivity index (χ0v) is 13.1. The van der Waals surface area contributed by atoms with Crippen LogP contribution in [0.15, 0.2) is 0 Å². The van der Waals surface area contributed by atoms with Gasteiger partial charge in [-0.05, 0) is 0 Å². The van der Waals surface area contributed by atoms with Crippen molar-refractivity contribution in [3.8, 4) is 0 Å². The molecule has 0 saturated heterocycles. The second-order valence-corrected chi connectivity index (χ2v) is 15.8. The first kappa shape index (κ1) is 16.8. The van der Waals surface area contributed by atoms with E-state index in [4.69, 9.17) is 9.79 Å². The van der Waals surface area contributed by atoms with Crippen LogP contribution in [0.3, 0.4) is 0 Å². The van der Waals surface area contributed by atoms with E-state index in [-0.39, 0.29) is 24.0 Å². The maximum absolute atomic E-state index is 10.4. The largest absolute Gasteiger partial charge is 1.00 e. The maximum Gasteiger partial charge on any atom is -1.00 e. The van der Waals surface area contributed by atoms with Crippen molar-refractivity contribution in [3.63, 3.8) is 0 Å². The Bertz CT molecular complexity index is 179. The van der Waals surface area contributed by atoms with Crippen molar-refractivity contribution in [2.45, 2.75) is 28.8 Å². The van der Waals surface area contributed by atoms with Gasteiger partial charge in [0.1, 0.15) is 0 Å². The molecule has 0 unspecified atom stereocenters. The quantitative estimate of drug-likeness (QED) is 0.231. The van der Waals surface area contributed by atoms with E-state index in [1.54, 1.807) is 0 Å². The smallest absolute Gasteiger partial charge is 1.00 e. The molecule has 13 heavy (non-hydrogen) atoms. The topological polar surface area (TPSA) is 69.6 Å². The Labute approximate surface area is 99.6 Å². The summed E-state index contributed by atoms with van der Waals surface area (Å²) in [5.41, 5.74) is 6.82. The molecule has 0 saturated carbocycles. The summed E-state index contributed by atoms with van der Waals surface area (Å²) in [6, 6.07) is 0. The molecule has 7 heteroatoms. The molecule has 0 aliphatic carbocycles. The molecule has 0 amide bonds. The molecule has 4 nitrogen and oxygen atoms in total. The summed E-state index contributed by atoms with van der Waals surface area (Å²) in [7, 11) is -3.98. The van der Waals surface area contributed by atoms with E-state index >= 15 is 0 Å². The minimum atomic E-state index is -3.98. The zero-order valence-electron chi connectivity index (χ0n) is 8.20. The number of hydrogen-bond donors (Lipinski definition) is 3. The van der Waals surface area contributed by atoms with Crippen molar-refractivity contribution in [2.75, 3.05) is 6.54 Å². The molecule has 0 aromatic heterocycles. The van der Waals surface area contributed by atoms with Gasteiger partial charge >= 0.3 is 76.0 Å². The Morgan fingerprint density at radius 3 is 2.08 bits per heavy atom. The zero-order chi connectivity index (χ0) is 9.83. The van der Waals surface area contributed by atoms with Crippen LogP contribution in [0, 0.1) is 0 Å². The van der Waals surface area contributed by atoms with Gasteiger partial charge in [-0.1, -0.05) is 0 Å². The molecule has 0 rings (SSSR count). The van der Waals surface area contributed by atoms with Crippen molar-refractivity contribution in [2.24, 2.45) is 0 Å². The first-order chi connectivity index (χ1) is 5.21. The minimum Gasteiger partial charge on any atom is -1.00 e. The molecule has 0 aliphatic heterocycles. The third-order valence-corrected chi connectivity index (χ3v) is 5.44. The monoisotopic (exact) mass is 385 g/mol. The molecule has 0 aromatic rings. The van der Waals surface area contributed by atoms with Crippen LogP contribution >= 0.6 is 7.75 Å². The Balaban J connectivity index is 0. The van der Waals surface area contributed by atoms with Crippen molar-refractivity contribution in [1.82, 2.24) is 5.09 Å². The summed E-state index contributed by atoms with van der Waals surface area (Å²) >= 11 is -1.35. The van der Waals surface area contributed by atoms with E-state index in [1.165, 1.54) is 0 Å². The third kappa shape index (κ3) is 16.1. The van der Waals surface area contributed by atoms with E-state index in [0.717, 1.165) is 11.6 Å².